The fourth-order valence-corrected chi connectivity index (χ4v) is 1.58. The molecule has 0 unspecified atom stereocenters. The van der Waals surface area contributed by atoms with E-state index in [0.29, 0.717) is 11.3 Å². The molecule has 0 aliphatic carbocycles. The maximum Gasteiger partial charge on any atom is 0.200 e. The number of halogens is 1. The van der Waals surface area contributed by atoms with Crippen LogP contribution in [0, 0.1) is 12.7 Å². The third kappa shape index (κ3) is 2.94. The van der Waals surface area contributed by atoms with Crippen molar-refractivity contribution < 1.29 is 13.9 Å². The van der Waals surface area contributed by atoms with Crippen LogP contribution in [0.3, 0.4) is 0 Å². The summed E-state index contributed by atoms with van der Waals surface area (Å²) in [5, 5.41) is 0. The van der Waals surface area contributed by atoms with Gasteiger partial charge in [0.1, 0.15) is 11.6 Å². The number of aryl methyl sites for hydroxylation is 1. The van der Waals surface area contributed by atoms with Crippen LogP contribution in [0.25, 0.3) is 0 Å². The number of Topliss-reactive ketones (excluding diaryl/α,β-unsaturated/α-hetero) is 1. The Bertz CT molecular complexity index is 550. The average Bonchev–Trinajstić information content (AvgIpc) is 2.40. The summed E-state index contributed by atoms with van der Waals surface area (Å²) in [6.07, 6.45) is 0. The Labute approximate surface area is 105 Å². The maximum atomic E-state index is 13.0. The van der Waals surface area contributed by atoms with Gasteiger partial charge in [0.05, 0.1) is 0 Å². The zero-order valence-electron chi connectivity index (χ0n) is 10.0. The molecule has 92 valence electrons. The number of ketones is 1. The van der Waals surface area contributed by atoms with Gasteiger partial charge < -0.3 is 4.74 Å². The molecule has 0 spiro atoms. The molecule has 0 aromatic heterocycles. The van der Waals surface area contributed by atoms with E-state index in [1.54, 1.807) is 30.3 Å². The van der Waals surface area contributed by atoms with Gasteiger partial charge >= 0.3 is 0 Å². The van der Waals surface area contributed by atoms with Gasteiger partial charge in [-0.15, -0.1) is 0 Å². The van der Waals surface area contributed by atoms with Gasteiger partial charge in [-0.1, -0.05) is 36.4 Å². The smallest absolute Gasteiger partial charge is 0.200 e. The number of hydrogen-bond acceptors (Lipinski definition) is 2. The van der Waals surface area contributed by atoms with E-state index >= 15 is 0 Å². The highest BCUT2D eigenvalue weighted by Gasteiger charge is 2.07. The van der Waals surface area contributed by atoms with Gasteiger partial charge in [0.2, 0.25) is 0 Å². The first-order chi connectivity index (χ1) is 8.66. The summed E-state index contributed by atoms with van der Waals surface area (Å²) < 4.78 is 18.4. The maximum absolute atomic E-state index is 13.0. The van der Waals surface area contributed by atoms with Gasteiger partial charge in [-0.3, -0.25) is 4.79 Å². The third-order valence-corrected chi connectivity index (χ3v) is 2.60. The van der Waals surface area contributed by atoms with Crippen LogP contribution in [0.4, 0.5) is 4.39 Å². The lowest BCUT2D eigenvalue weighted by Crippen LogP contribution is -2.12. The Balaban J connectivity index is 2.04. The number of benzene rings is 2. The van der Waals surface area contributed by atoms with E-state index in [1.165, 1.54) is 12.1 Å². The predicted octanol–water partition coefficient (Wildman–Crippen LogP) is 3.40. The molecule has 2 rings (SSSR count). The van der Waals surface area contributed by atoms with Crippen LogP contribution >= 0.6 is 0 Å². The summed E-state index contributed by atoms with van der Waals surface area (Å²) in [6.45, 7) is 1.72. The quantitative estimate of drug-likeness (QED) is 0.770. The van der Waals surface area contributed by atoms with Crippen molar-refractivity contribution in [2.45, 2.75) is 6.92 Å². The molecule has 0 saturated carbocycles. The van der Waals surface area contributed by atoms with E-state index in [2.05, 4.69) is 0 Å². The highest BCUT2D eigenvalue weighted by Crippen LogP contribution is 2.18. The Hall–Kier alpha value is -2.16. The Morgan fingerprint density at radius 3 is 2.61 bits per heavy atom. The molecular weight excluding hydrogens is 231 g/mol. The summed E-state index contributed by atoms with van der Waals surface area (Å²) in [5.74, 6) is -0.0960. The minimum atomic E-state index is -0.372. The SMILES string of the molecule is Cc1ccc(F)cc1OCC(=O)c1ccccc1. The lowest BCUT2D eigenvalue weighted by molar-refractivity contribution is 0.0921. The first kappa shape index (κ1) is 12.3. The second kappa shape index (κ2) is 5.45. The monoisotopic (exact) mass is 244 g/mol. The number of hydrogen-bond donors (Lipinski definition) is 0. The summed E-state index contributed by atoms with van der Waals surface area (Å²) >= 11 is 0. The fourth-order valence-electron chi connectivity index (χ4n) is 1.58. The molecule has 0 aliphatic rings. The van der Waals surface area contributed by atoms with Crippen LogP contribution in [0.1, 0.15) is 15.9 Å². The minimum absolute atomic E-state index is 0.0890. The van der Waals surface area contributed by atoms with Gasteiger partial charge in [-0.2, -0.15) is 0 Å². The van der Waals surface area contributed by atoms with Crippen molar-refractivity contribution in [3.05, 3.63) is 65.5 Å². The standard InChI is InChI=1S/C15H13FO2/c1-11-7-8-13(16)9-15(11)18-10-14(17)12-5-3-2-4-6-12/h2-9H,10H2,1H3. The second-order valence-electron chi connectivity index (χ2n) is 3.99. The van der Waals surface area contributed by atoms with Crippen LogP contribution in [-0.2, 0) is 0 Å². The van der Waals surface area contributed by atoms with E-state index in [-0.39, 0.29) is 18.2 Å². The van der Waals surface area contributed by atoms with Crippen LogP contribution in [-0.4, -0.2) is 12.4 Å². The number of rotatable bonds is 4. The molecule has 0 N–H and O–H groups in total. The van der Waals surface area contributed by atoms with Crippen molar-refractivity contribution in [1.29, 1.82) is 0 Å². The molecule has 2 aromatic rings. The number of carbonyl (C=O) groups excluding carboxylic acids is 1. The molecule has 0 bridgehead atoms. The first-order valence-corrected chi connectivity index (χ1v) is 5.64. The van der Waals surface area contributed by atoms with E-state index in [0.717, 1.165) is 5.56 Å². The zero-order valence-corrected chi connectivity index (χ0v) is 10.0. The second-order valence-corrected chi connectivity index (χ2v) is 3.99. The number of carbonyl (C=O) groups is 1. The molecular formula is C15H13FO2. The molecule has 2 nitrogen and oxygen atoms in total. The van der Waals surface area contributed by atoms with Crippen molar-refractivity contribution in [2.24, 2.45) is 0 Å². The summed E-state index contributed by atoms with van der Waals surface area (Å²) in [5.41, 5.74) is 1.39. The lowest BCUT2D eigenvalue weighted by atomic mass is 10.1. The van der Waals surface area contributed by atoms with Crippen molar-refractivity contribution in [3.8, 4) is 5.75 Å². The van der Waals surface area contributed by atoms with Gasteiger partial charge in [-0.05, 0) is 18.6 Å². The van der Waals surface area contributed by atoms with Gasteiger partial charge in [0, 0.05) is 11.6 Å². The third-order valence-electron chi connectivity index (χ3n) is 2.60. The van der Waals surface area contributed by atoms with E-state index in [4.69, 9.17) is 4.74 Å². The molecule has 0 fully saturated rings. The highest BCUT2D eigenvalue weighted by molar-refractivity contribution is 5.97. The molecule has 18 heavy (non-hydrogen) atoms. The van der Waals surface area contributed by atoms with Crippen LogP contribution < -0.4 is 4.74 Å². The molecule has 0 atom stereocenters. The minimum Gasteiger partial charge on any atom is -0.485 e. The lowest BCUT2D eigenvalue weighted by Gasteiger charge is -2.08. The summed E-state index contributed by atoms with van der Waals surface area (Å²) in [4.78, 5) is 11.8. The van der Waals surface area contributed by atoms with Gasteiger partial charge in [0.15, 0.2) is 12.4 Å². The van der Waals surface area contributed by atoms with Crippen LogP contribution in [0.2, 0.25) is 0 Å². The first-order valence-electron chi connectivity index (χ1n) is 5.64. The average molecular weight is 244 g/mol. The fraction of sp³-hybridized carbons (Fsp3) is 0.133. The largest absolute Gasteiger partial charge is 0.485 e. The van der Waals surface area contributed by atoms with Crippen LogP contribution in [0.15, 0.2) is 48.5 Å². The van der Waals surface area contributed by atoms with E-state index < -0.39 is 0 Å². The molecule has 0 radical (unpaired) electrons. The zero-order chi connectivity index (χ0) is 13.0. The molecule has 0 heterocycles. The summed E-state index contributed by atoms with van der Waals surface area (Å²) in [7, 11) is 0. The molecule has 0 aliphatic heterocycles. The summed E-state index contributed by atoms with van der Waals surface area (Å²) in [6, 6.07) is 13.1. The number of ether oxygens (including phenoxy) is 1. The normalized spacial score (nSPS) is 10.1. The molecule has 3 heteroatoms. The Morgan fingerprint density at radius 2 is 1.89 bits per heavy atom. The van der Waals surface area contributed by atoms with Crippen molar-refractivity contribution >= 4 is 5.78 Å². The van der Waals surface area contributed by atoms with Crippen molar-refractivity contribution in [3.63, 3.8) is 0 Å². The van der Waals surface area contributed by atoms with Gasteiger partial charge in [0.25, 0.3) is 0 Å². The van der Waals surface area contributed by atoms with Gasteiger partial charge in [-0.25, -0.2) is 4.39 Å². The van der Waals surface area contributed by atoms with Crippen LogP contribution in [0.5, 0.6) is 5.75 Å². The van der Waals surface area contributed by atoms with E-state index in [1.807, 2.05) is 13.0 Å². The molecule has 0 amide bonds. The predicted molar refractivity (Wildman–Crippen MR) is 67.4 cm³/mol. The Morgan fingerprint density at radius 1 is 1.17 bits per heavy atom. The Kier molecular flexibility index (Phi) is 3.72. The highest BCUT2D eigenvalue weighted by atomic mass is 19.1. The molecule has 2 aromatic carbocycles. The van der Waals surface area contributed by atoms with Crippen molar-refractivity contribution in [2.75, 3.05) is 6.61 Å². The van der Waals surface area contributed by atoms with Crippen molar-refractivity contribution in [1.82, 2.24) is 0 Å². The van der Waals surface area contributed by atoms with E-state index in [9.17, 15) is 9.18 Å². The molecule has 0 saturated heterocycles. The topological polar surface area (TPSA) is 26.3 Å².